The largest absolute Gasteiger partial charge is 0.376 e. The number of amides is 1. The Hall–Kier alpha value is -1.74. The average Bonchev–Trinajstić information content (AvgIpc) is 3.32. The Bertz CT molecular complexity index is 843. The van der Waals surface area contributed by atoms with E-state index in [-0.39, 0.29) is 23.5 Å². The summed E-state index contributed by atoms with van der Waals surface area (Å²) in [4.78, 5) is 12.8. The number of carbonyl (C=O) groups excluding carboxylic acids is 1. The van der Waals surface area contributed by atoms with Crippen molar-refractivity contribution in [1.82, 2.24) is 9.62 Å². The molecule has 2 heterocycles. The maximum Gasteiger partial charge on any atom is 0.261 e. The van der Waals surface area contributed by atoms with Crippen LogP contribution >= 0.6 is 11.3 Å². The zero-order valence-corrected chi connectivity index (χ0v) is 16.2. The van der Waals surface area contributed by atoms with Crippen LogP contribution in [-0.2, 0) is 21.3 Å². The van der Waals surface area contributed by atoms with Crippen molar-refractivity contribution in [3.05, 3.63) is 52.2 Å². The first-order chi connectivity index (χ1) is 12.5. The number of nitrogens with one attached hydrogen (secondary N) is 1. The second kappa shape index (κ2) is 8.30. The Balaban J connectivity index is 1.64. The van der Waals surface area contributed by atoms with Gasteiger partial charge in [0.1, 0.15) is 0 Å². The highest BCUT2D eigenvalue weighted by Crippen LogP contribution is 2.23. The first-order valence-corrected chi connectivity index (χ1v) is 10.8. The van der Waals surface area contributed by atoms with Crippen LogP contribution in [0, 0.1) is 0 Å². The van der Waals surface area contributed by atoms with Crippen molar-refractivity contribution in [2.75, 3.05) is 20.2 Å². The fourth-order valence-corrected chi connectivity index (χ4v) is 5.11. The molecule has 1 atom stereocenters. The zero-order chi connectivity index (χ0) is 18.6. The van der Waals surface area contributed by atoms with Crippen LogP contribution in [0.1, 0.15) is 28.1 Å². The van der Waals surface area contributed by atoms with Gasteiger partial charge in [0.25, 0.3) is 5.91 Å². The van der Waals surface area contributed by atoms with Crippen molar-refractivity contribution in [2.24, 2.45) is 0 Å². The molecular formula is C18H22N2O4S2. The van der Waals surface area contributed by atoms with Gasteiger partial charge in [-0.25, -0.2) is 8.42 Å². The molecule has 140 valence electrons. The molecule has 0 bridgehead atoms. The molecule has 8 heteroatoms. The SMILES string of the molecule is CN(Cc1ccccc1)S(=O)(=O)c1csc(C(=O)NCC2CCCO2)c1. The highest BCUT2D eigenvalue weighted by molar-refractivity contribution is 7.89. The number of sulfonamides is 1. The summed E-state index contributed by atoms with van der Waals surface area (Å²) in [7, 11) is -2.10. The van der Waals surface area contributed by atoms with E-state index in [2.05, 4.69) is 5.32 Å². The summed E-state index contributed by atoms with van der Waals surface area (Å²) in [6.07, 6.45) is 2.00. The Morgan fingerprint density at radius 2 is 2.12 bits per heavy atom. The molecule has 6 nitrogen and oxygen atoms in total. The number of carbonyl (C=O) groups is 1. The summed E-state index contributed by atoms with van der Waals surface area (Å²) in [5, 5.41) is 4.32. The van der Waals surface area contributed by atoms with E-state index in [0.717, 1.165) is 36.3 Å². The molecule has 26 heavy (non-hydrogen) atoms. The standard InChI is InChI=1S/C18H22N2O4S2/c1-20(12-14-6-3-2-4-7-14)26(22,23)16-10-17(25-13-16)18(21)19-11-15-8-5-9-24-15/h2-4,6-7,10,13,15H,5,8-9,11-12H2,1H3,(H,19,21). The van der Waals surface area contributed by atoms with Crippen LogP contribution in [0.15, 0.2) is 46.7 Å². The van der Waals surface area contributed by atoms with E-state index < -0.39 is 10.0 Å². The molecule has 1 unspecified atom stereocenters. The van der Waals surface area contributed by atoms with Crippen molar-refractivity contribution in [1.29, 1.82) is 0 Å². The third-order valence-corrected chi connectivity index (χ3v) is 7.13. The van der Waals surface area contributed by atoms with Crippen molar-refractivity contribution >= 4 is 27.3 Å². The first-order valence-electron chi connectivity index (χ1n) is 8.45. The van der Waals surface area contributed by atoms with Crippen LogP contribution < -0.4 is 5.32 Å². The van der Waals surface area contributed by atoms with E-state index in [4.69, 9.17) is 4.74 Å². The Morgan fingerprint density at radius 3 is 2.81 bits per heavy atom. The second-order valence-corrected chi connectivity index (χ2v) is 9.19. The van der Waals surface area contributed by atoms with Crippen molar-refractivity contribution in [3.63, 3.8) is 0 Å². The lowest BCUT2D eigenvalue weighted by Crippen LogP contribution is -2.31. The number of rotatable bonds is 7. The Kier molecular flexibility index (Phi) is 6.08. The second-order valence-electron chi connectivity index (χ2n) is 6.24. The summed E-state index contributed by atoms with van der Waals surface area (Å²) in [5.41, 5.74) is 0.906. The molecular weight excluding hydrogens is 372 g/mol. The molecule has 1 aromatic carbocycles. The predicted octanol–water partition coefficient (Wildman–Crippen LogP) is 2.48. The fraction of sp³-hybridized carbons (Fsp3) is 0.389. The van der Waals surface area contributed by atoms with Crippen LogP contribution in [-0.4, -0.2) is 44.9 Å². The van der Waals surface area contributed by atoms with E-state index in [1.165, 1.54) is 22.8 Å². The van der Waals surface area contributed by atoms with E-state index >= 15 is 0 Å². The van der Waals surface area contributed by atoms with Gasteiger partial charge in [0.05, 0.1) is 15.9 Å². The van der Waals surface area contributed by atoms with Crippen LogP contribution in [0.25, 0.3) is 0 Å². The van der Waals surface area contributed by atoms with Gasteiger partial charge in [-0.1, -0.05) is 30.3 Å². The van der Waals surface area contributed by atoms with Crippen LogP contribution in [0.4, 0.5) is 0 Å². The van der Waals surface area contributed by atoms with Gasteiger partial charge in [0, 0.05) is 32.1 Å². The Morgan fingerprint density at radius 1 is 1.35 bits per heavy atom. The van der Waals surface area contributed by atoms with Gasteiger partial charge in [-0.05, 0) is 24.5 Å². The third kappa shape index (κ3) is 4.50. The van der Waals surface area contributed by atoms with E-state index in [9.17, 15) is 13.2 Å². The van der Waals surface area contributed by atoms with Gasteiger partial charge >= 0.3 is 0 Å². The molecule has 1 saturated heterocycles. The molecule has 1 N–H and O–H groups in total. The van der Waals surface area contributed by atoms with Gasteiger partial charge in [-0.15, -0.1) is 11.3 Å². The summed E-state index contributed by atoms with van der Waals surface area (Å²) >= 11 is 1.13. The van der Waals surface area contributed by atoms with Gasteiger partial charge in [0.15, 0.2) is 0 Å². The molecule has 1 aliphatic heterocycles. The third-order valence-electron chi connectivity index (χ3n) is 4.27. The van der Waals surface area contributed by atoms with Crippen molar-refractivity contribution < 1.29 is 17.9 Å². The number of hydrogen-bond acceptors (Lipinski definition) is 5. The van der Waals surface area contributed by atoms with Crippen molar-refractivity contribution in [2.45, 2.75) is 30.4 Å². The minimum atomic E-state index is -3.64. The molecule has 1 aliphatic rings. The maximum absolute atomic E-state index is 12.7. The Labute approximate surface area is 157 Å². The molecule has 0 radical (unpaired) electrons. The summed E-state index contributed by atoms with van der Waals surface area (Å²) in [5.74, 6) is -0.266. The van der Waals surface area contributed by atoms with Gasteiger partial charge in [0.2, 0.25) is 10.0 Å². The molecule has 1 aromatic heterocycles. The number of benzene rings is 1. The lowest BCUT2D eigenvalue weighted by molar-refractivity contribution is 0.0861. The smallest absolute Gasteiger partial charge is 0.261 e. The van der Waals surface area contributed by atoms with Crippen LogP contribution in [0.3, 0.4) is 0 Å². The van der Waals surface area contributed by atoms with E-state index in [1.54, 1.807) is 0 Å². The van der Waals surface area contributed by atoms with Crippen LogP contribution in [0.5, 0.6) is 0 Å². The number of thiophene rings is 1. The molecule has 1 fully saturated rings. The summed E-state index contributed by atoms with van der Waals surface area (Å²) in [6, 6.07) is 10.8. The normalized spacial score (nSPS) is 17.5. The minimum Gasteiger partial charge on any atom is -0.376 e. The zero-order valence-electron chi connectivity index (χ0n) is 14.6. The highest BCUT2D eigenvalue weighted by atomic mass is 32.2. The fourth-order valence-electron chi connectivity index (χ4n) is 2.78. The average molecular weight is 395 g/mol. The number of nitrogens with zero attached hydrogens (tertiary/aromatic N) is 1. The topological polar surface area (TPSA) is 75.7 Å². The lowest BCUT2D eigenvalue weighted by Gasteiger charge is -2.16. The lowest BCUT2D eigenvalue weighted by atomic mass is 10.2. The molecule has 2 aromatic rings. The first kappa shape index (κ1) is 19.0. The number of hydrogen-bond donors (Lipinski definition) is 1. The molecule has 0 saturated carbocycles. The minimum absolute atomic E-state index is 0.0547. The van der Waals surface area contributed by atoms with Crippen LogP contribution in [0.2, 0.25) is 0 Å². The highest BCUT2D eigenvalue weighted by Gasteiger charge is 2.24. The van der Waals surface area contributed by atoms with Gasteiger partial charge in [-0.2, -0.15) is 4.31 Å². The molecule has 1 amide bonds. The number of ether oxygens (including phenoxy) is 1. The van der Waals surface area contributed by atoms with Gasteiger partial charge in [-0.3, -0.25) is 4.79 Å². The quantitative estimate of drug-likeness (QED) is 0.783. The van der Waals surface area contributed by atoms with Crippen molar-refractivity contribution in [3.8, 4) is 0 Å². The molecule has 0 aliphatic carbocycles. The predicted molar refractivity (Wildman–Crippen MR) is 101 cm³/mol. The monoisotopic (exact) mass is 394 g/mol. The molecule has 3 rings (SSSR count). The molecule has 0 spiro atoms. The maximum atomic E-state index is 12.7. The van der Waals surface area contributed by atoms with E-state index in [0.29, 0.717) is 11.4 Å². The van der Waals surface area contributed by atoms with Gasteiger partial charge < -0.3 is 10.1 Å². The summed E-state index contributed by atoms with van der Waals surface area (Å²) in [6.45, 7) is 1.46. The van der Waals surface area contributed by atoms with E-state index in [1.807, 2.05) is 30.3 Å². The summed E-state index contributed by atoms with van der Waals surface area (Å²) < 4.78 is 32.2.